The fourth-order valence-electron chi connectivity index (χ4n) is 0.992. The van der Waals surface area contributed by atoms with Crippen molar-refractivity contribution in [3.8, 4) is 5.88 Å². The Kier molecular flexibility index (Phi) is 3.74. The second-order valence-electron chi connectivity index (χ2n) is 3.44. The van der Waals surface area contributed by atoms with Gasteiger partial charge in [-0.2, -0.15) is 13.8 Å². The third-order valence-electron chi connectivity index (χ3n) is 1.97. The van der Waals surface area contributed by atoms with E-state index in [0.717, 1.165) is 0 Å². The van der Waals surface area contributed by atoms with Gasteiger partial charge in [0.15, 0.2) is 6.61 Å². The van der Waals surface area contributed by atoms with Gasteiger partial charge in [0.2, 0.25) is 5.88 Å². The van der Waals surface area contributed by atoms with E-state index in [4.69, 9.17) is 5.73 Å². The molecule has 0 bridgehead atoms. The number of halogens is 4. The molecule has 1 aromatic rings. The van der Waals surface area contributed by atoms with Crippen LogP contribution in [0.4, 0.5) is 23.4 Å². The molecule has 96 valence electrons. The molecule has 1 rings (SSSR count). The number of nitrogen functional groups attached to an aromatic ring is 1. The number of aromatic nitrogens is 2. The van der Waals surface area contributed by atoms with E-state index < -0.39 is 19.0 Å². The Labute approximate surface area is 94.8 Å². The van der Waals surface area contributed by atoms with Crippen molar-refractivity contribution in [3.63, 3.8) is 0 Å². The van der Waals surface area contributed by atoms with Crippen molar-refractivity contribution < 1.29 is 22.3 Å². The normalized spacial score (nSPS) is 11.9. The maximum atomic E-state index is 12.6. The Hall–Kier alpha value is -1.60. The van der Waals surface area contributed by atoms with E-state index in [1.165, 1.54) is 13.8 Å². The first-order chi connectivity index (χ1) is 7.74. The highest BCUT2D eigenvalue weighted by Crippen LogP contribution is 2.26. The molecule has 0 radical (unpaired) electrons. The van der Waals surface area contributed by atoms with Crippen LogP contribution in [0.15, 0.2) is 0 Å². The molecule has 0 atom stereocenters. The van der Waals surface area contributed by atoms with Crippen molar-refractivity contribution in [2.45, 2.75) is 26.2 Å². The lowest BCUT2D eigenvalue weighted by Crippen LogP contribution is -2.34. The zero-order valence-electron chi connectivity index (χ0n) is 9.18. The maximum absolute atomic E-state index is 12.6. The molecule has 0 unspecified atom stereocenters. The van der Waals surface area contributed by atoms with Gasteiger partial charge in [0.05, 0.1) is 5.56 Å². The second-order valence-corrected chi connectivity index (χ2v) is 3.44. The van der Waals surface area contributed by atoms with E-state index >= 15 is 0 Å². The molecule has 0 amide bonds. The molecule has 0 saturated carbocycles. The summed E-state index contributed by atoms with van der Waals surface area (Å²) in [7, 11) is 0. The van der Waals surface area contributed by atoms with Crippen LogP contribution in [0.5, 0.6) is 5.88 Å². The number of nitrogens with zero attached hydrogens (tertiary/aromatic N) is 2. The quantitative estimate of drug-likeness (QED) is 0.833. The lowest BCUT2D eigenvalue weighted by molar-refractivity contribution is -0.148. The zero-order valence-corrected chi connectivity index (χ0v) is 9.18. The average molecular weight is 253 g/mol. The molecule has 0 aliphatic rings. The topological polar surface area (TPSA) is 61.0 Å². The van der Waals surface area contributed by atoms with Gasteiger partial charge < -0.3 is 10.5 Å². The van der Waals surface area contributed by atoms with Crippen LogP contribution in [0.2, 0.25) is 0 Å². The number of ether oxygens (including phenoxy) is 1. The Bertz CT molecular complexity index is 411. The minimum atomic E-state index is -4.22. The van der Waals surface area contributed by atoms with Crippen molar-refractivity contribution in [1.29, 1.82) is 0 Å². The highest BCUT2D eigenvalue weighted by molar-refractivity contribution is 5.44. The largest absolute Gasteiger partial charge is 0.471 e. The number of nitrogens with two attached hydrogens (primary N) is 1. The lowest BCUT2D eigenvalue weighted by Gasteiger charge is -2.16. The van der Waals surface area contributed by atoms with E-state index in [1.807, 2.05) is 0 Å². The smallest absolute Gasteiger partial charge is 0.340 e. The molecule has 1 heterocycles. The molecule has 4 nitrogen and oxygen atoms in total. The van der Waals surface area contributed by atoms with Crippen LogP contribution in [0.25, 0.3) is 0 Å². The van der Waals surface area contributed by atoms with E-state index in [1.54, 1.807) is 0 Å². The first-order valence-corrected chi connectivity index (χ1v) is 4.63. The fraction of sp³-hybridized carbons (Fsp3) is 0.556. The minimum absolute atomic E-state index is 0.0628. The first kappa shape index (κ1) is 13.5. The SMILES string of the molecule is Cc1nc(N)c(C)c(OCC(F)(F)C(F)F)n1. The third-order valence-corrected chi connectivity index (χ3v) is 1.97. The number of aryl methyl sites for hydroxylation is 1. The highest BCUT2D eigenvalue weighted by Gasteiger charge is 2.42. The highest BCUT2D eigenvalue weighted by atomic mass is 19.3. The Morgan fingerprint density at radius 3 is 2.41 bits per heavy atom. The van der Waals surface area contributed by atoms with Gasteiger partial charge in [0.1, 0.15) is 11.6 Å². The number of hydrogen-bond donors (Lipinski definition) is 1. The van der Waals surface area contributed by atoms with Crippen LogP contribution < -0.4 is 10.5 Å². The molecular formula is C9H11F4N3O. The van der Waals surface area contributed by atoms with Gasteiger partial charge in [-0.15, -0.1) is 0 Å². The van der Waals surface area contributed by atoms with Crippen LogP contribution in [-0.4, -0.2) is 28.9 Å². The number of rotatable bonds is 4. The molecule has 0 spiro atoms. The van der Waals surface area contributed by atoms with Gasteiger partial charge in [0, 0.05) is 0 Å². The number of alkyl halides is 4. The molecule has 0 saturated heterocycles. The Balaban J connectivity index is 2.83. The standard InChI is InChI=1S/C9H11F4N3O/c1-4-6(14)15-5(2)16-7(4)17-3-9(12,13)8(10)11/h8H,3H2,1-2H3,(H2,14,15,16). The van der Waals surface area contributed by atoms with Crippen molar-refractivity contribution in [2.24, 2.45) is 0 Å². The monoisotopic (exact) mass is 253 g/mol. The summed E-state index contributed by atoms with van der Waals surface area (Å²) < 4.78 is 53.6. The fourth-order valence-corrected chi connectivity index (χ4v) is 0.992. The van der Waals surface area contributed by atoms with Crippen molar-refractivity contribution in [1.82, 2.24) is 9.97 Å². The number of anilines is 1. The van der Waals surface area contributed by atoms with Crippen LogP contribution in [0.1, 0.15) is 11.4 Å². The summed E-state index contributed by atoms with van der Waals surface area (Å²) in [6.45, 7) is 1.47. The molecule has 17 heavy (non-hydrogen) atoms. The average Bonchev–Trinajstić information content (AvgIpc) is 2.21. The van der Waals surface area contributed by atoms with Gasteiger partial charge in [0.25, 0.3) is 0 Å². The van der Waals surface area contributed by atoms with Gasteiger partial charge in [-0.3, -0.25) is 0 Å². The van der Waals surface area contributed by atoms with Gasteiger partial charge in [-0.05, 0) is 13.8 Å². The minimum Gasteiger partial charge on any atom is -0.471 e. The summed E-state index contributed by atoms with van der Waals surface area (Å²) in [5, 5.41) is 0. The van der Waals surface area contributed by atoms with Gasteiger partial charge in [-0.1, -0.05) is 0 Å². The van der Waals surface area contributed by atoms with E-state index in [2.05, 4.69) is 14.7 Å². The van der Waals surface area contributed by atoms with Gasteiger partial charge >= 0.3 is 12.3 Å². The second kappa shape index (κ2) is 4.72. The number of hydrogen-bond acceptors (Lipinski definition) is 4. The molecule has 0 aromatic carbocycles. The van der Waals surface area contributed by atoms with Crippen LogP contribution in [-0.2, 0) is 0 Å². The molecular weight excluding hydrogens is 242 g/mol. The summed E-state index contributed by atoms with van der Waals surface area (Å²) >= 11 is 0. The van der Waals surface area contributed by atoms with Crippen LogP contribution >= 0.6 is 0 Å². The summed E-state index contributed by atoms with van der Waals surface area (Å²) in [6, 6.07) is 0. The zero-order chi connectivity index (χ0) is 13.2. The van der Waals surface area contributed by atoms with E-state index in [0.29, 0.717) is 0 Å². The molecule has 0 aliphatic carbocycles. The van der Waals surface area contributed by atoms with Crippen molar-refractivity contribution in [3.05, 3.63) is 11.4 Å². The summed E-state index contributed by atoms with van der Waals surface area (Å²) in [5.74, 6) is -4.16. The third kappa shape index (κ3) is 3.18. The Morgan fingerprint density at radius 1 is 1.29 bits per heavy atom. The van der Waals surface area contributed by atoms with E-state index in [9.17, 15) is 17.6 Å². The first-order valence-electron chi connectivity index (χ1n) is 4.63. The van der Waals surface area contributed by atoms with Crippen molar-refractivity contribution >= 4 is 5.82 Å². The van der Waals surface area contributed by atoms with Gasteiger partial charge in [-0.25, -0.2) is 13.8 Å². The summed E-state index contributed by atoms with van der Waals surface area (Å²) in [4.78, 5) is 7.47. The summed E-state index contributed by atoms with van der Waals surface area (Å²) in [6.07, 6.45) is -3.79. The predicted octanol–water partition coefficient (Wildman–Crippen LogP) is 1.95. The molecule has 8 heteroatoms. The van der Waals surface area contributed by atoms with Crippen LogP contribution in [0, 0.1) is 13.8 Å². The van der Waals surface area contributed by atoms with E-state index in [-0.39, 0.29) is 23.1 Å². The lowest BCUT2D eigenvalue weighted by atomic mass is 10.3. The predicted molar refractivity (Wildman–Crippen MR) is 52.4 cm³/mol. The molecule has 0 fully saturated rings. The summed E-state index contributed by atoms with van der Waals surface area (Å²) in [5.41, 5.74) is 5.69. The van der Waals surface area contributed by atoms with Crippen molar-refractivity contribution in [2.75, 3.05) is 12.3 Å². The molecule has 1 aromatic heterocycles. The van der Waals surface area contributed by atoms with Crippen LogP contribution in [0.3, 0.4) is 0 Å². The maximum Gasteiger partial charge on any atom is 0.340 e. The Morgan fingerprint density at radius 2 is 1.88 bits per heavy atom. The molecule has 0 aliphatic heterocycles. The molecule has 2 N–H and O–H groups in total.